The van der Waals surface area contributed by atoms with Gasteiger partial charge in [0, 0.05) is 28.5 Å². The van der Waals surface area contributed by atoms with Crippen molar-refractivity contribution in [3.05, 3.63) is 123 Å². The Kier molecular flexibility index (Phi) is 10.6. The van der Waals surface area contributed by atoms with Gasteiger partial charge in [0.05, 0.1) is 20.3 Å². The number of hydrogen-bond acceptors (Lipinski definition) is 5. The molecule has 0 fully saturated rings. The predicted molar refractivity (Wildman–Crippen MR) is 199 cm³/mol. The van der Waals surface area contributed by atoms with Crippen molar-refractivity contribution in [3.63, 3.8) is 0 Å². The van der Waals surface area contributed by atoms with Crippen LogP contribution in [0, 0.1) is 6.92 Å². The summed E-state index contributed by atoms with van der Waals surface area (Å²) in [5.41, 5.74) is 4.41. The van der Waals surface area contributed by atoms with Gasteiger partial charge in [0.1, 0.15) is 22.8 Å². The standard InChI is InChI=1S/C43H55NO4/c1-28-18-19-30(39(45)38(28)42(8,9)10)27-44-37(24-29-16-14-13-15-17-29)43(46,33-25-31(40(2,3)4)20-22-35(33)47-11)34-26-32(41(5,6)7)21-23-36(34)48-12/h13-23,25-27,37,45-46H,24H2,1-12H3. The summed E-state index contributed by atoms with van der Waals surface area (Å²) < 4.78 is 12.0. The Balaban J connectivity index is 2.13. The number of hydrogen-bond donors (Lipinski definition) is 2. The smallest absolute Gasteiger partial charge is 0.144 e. The van der Waals surface area contributed by atoms with Crippen LogP contribution in [-0.2, 0) is 28.3 Å². The Morgan fingerprint density at radius 1 is 0.688 bits per heavy atom. The lowest BCUT2D eigenvalue weighted by molar-refractivity contribution is 0.0475. The number of phenols is 1. The predicted octanol–water partition coefficient (Wildman–Crippen LogP) is 9.58. The van der Waals surface area contributed by atoms with Gasteiger partial charge in [-0.15, -0.1) is 0 Å². The molecule has 2 N–H and O–H groups in total. The third-order valence-electron chi connectivity index (χ3n) is 9.27. The van der Waals surface area contributed by atoms with Crippen molar-refractivity contribution in [1.82, 2.24) is 0 Å². The Hall–Kier alpha value is -4.09. The van der Waals surface area contributed by atoms with E-state index in [0.29, 0.717) is 34.6 Å². The van der Waals surface area contributed by atoms with Gasteiger partial charge in [-0.3, -0.25) is 4.99 Å². The Morgan fingerprint density at radius 2 is 1.19 bits per heavy atom. The molecule has 0 bridgehead atoms. The summed E-state index contributed by atoms with van der Waals surface area (Å²) in [5.74, 6) is 1.30. The summed E-state index contributed by atoms with van der Waals surface area (Å²) in [6, 6.07) is 25.3. The lowest BCUT2D eigenvalue weighted by Crippen LogP contribution is -2.42. The van der Waals surface area contributed by atoms with Gasteiger partial charge >= 0.3 is 0 Å². The van der Waals surface area contributed by atoms with Crippen molar-refractivity contribution in [2.24, 2.45) is 4.99 Å². The van der Waals surface area contributed by atoms with Gasteiger partial charge in [-0.25, -0.2) is 0 Å². The van der Waals surface area contributed by atoms with E-state index in [1.165, 1.54) is 0 Å². The van der Waals surface area contributed by atoms with E-state index in [-0.39, 0.29) is 22.0 Å². The number of methoxy groups -OCH3 is 2. The van der Waals surface area contributed by atoms with Gasteiger partial charge in [-0.1, -0.05) is 111 Å². The highest BCUT2D eigenvalue weighted by Gasteiger charge is 2.45. The van der Waals surface area contributed by atoms with Crippen LogP contribution in [0.3, 0.4) is 0 Å². The summed E-state index contributed by atoms with van der Waals surface area (Å²) in [4.78, 5) is 5.22. The van der Waals surface area contributed by atoms with Crippen LogP contribution < -0.4 is 9.47 Å². The molecule has 0 radical (unpaired) electrons. The van der Waals surface area contributed by atoms with E-state index in [1.54, 1.807) is 20.4 Å². The molecule has 0 aliphatic rings. The minimum atomic E-state index is -1.72. The van der Waals surface area contributed by atoms with Crippen molar-refractivity contribution in [2.75, 3.05) is 14.2 Å². The normalized spacial score (nSPS) is 13.5. The third kappa shape index (κ3) is 7.63. The van der Waals surface area contributed by atoms with Crippen LogP contribution in [0.2, 0.25) is 0 Å². The molecule has 1 unspecified atom stereocenters. The van der Waals surface area contributed by atoms with Crippen LogP contribution in [0.1, 0.15) is 107 Å². The maximum Gasteiger partial charge on any atom is 0.144 e. The minimum Gasteiger partial charge on any atom is -0.507 e. The molecule has 0 saturated carbocycles. The van der Waals surface area contributed by atoms with Gasteiger partial charge < -0.3 is 19.7 Å². The first-order valence-electron chi connectivity index (χ1n) is 16.8. The van der Waals surface area contributed by atoms with E-state index in [4.69, 9.17) is 14.5 Å². The van der Waals surface area contributed by atoms with Crippen molar-refractivity contribution < 1.29 is 19.7 Å². The second-order valence-electron chi connectivity index (χ2n) is 16.0. The number of ether oxygens (including phenoxy) is 2. The third-order valence-corrected chi connectivity index (χ3v) is 9.27. The van der Waals surface area contributed by atoms with Crippen LogP contribution in [0.15, 0.2) is 83.9 Å². The van der Waals surface area contributed by atoms with Crippen molar-refractivity contribution in [2.45, 2.75) is 104 Å². The number of aliphatic imine (C=N–C) groups is 1. The summed E-state index contributed by atoms with van der Waals surface area (Å²) in [6.45, 7) is 21.2. The van der Waals surface area contributed by atoms with Gasteiger partial charge in [-0.05, 0) is 82.2 Å². The molecule has 4 rings (SSSR count). The number of phenolic OH excluding ortho intramolecular Hbond substituents is 1. The quantitative estimate of drug-likeness (QED) is 0.177. The lowest BCUT2D eigenvalue weighted by Gasteiger charge is -2.38. The molecule has 5 heteroatoms. The number of aryl methyl sites for hydroxylation is 1. The number of aliphatic hydroxyl groups is 1. The van der Waals surface area contributed by atoms with Crippen LogP contribution in [-0.4, -0.2) is 36.7 Å². The maximum atomic E-state index is 13.7. The molecule has 4 aromatic rings. The van der Waals surface area contributed by atoms with E-state index < -0.39 is 11.6 Å². The molecule has 0 aliphatic carbocycles. The summed E-state index contributed by atoms with van der Waals surface area (Å²) >= 11 is 0. The molecule has 48 heavy (non-hydrogen) atoms. The molecule has 0 spiro atoms. The fourth-order valence-electron chi connectivity index (χ4n) is 6.52. The first-order chi connectivity index (χ1) is 22.3. The van der Waals surface area contributed by atoms with E-state index in [9.17, 15) is 10.2 Å². The molecule has 256 valence electrons. The zero-order valence-electron chi connectivity index (χ0n) is 31.0. The average Bonchev–Trinajstić information content (AvgIpc) is 3.01. The molecular formula is C43H55NO4. The average molecular weight is 650 g/mol. The van der Waals surface area contributed by atoms with Crippen LogP contribution in [0.5, 0.6) is 17.2 Å². The first-order valence-corrected chi connectivity index (χ1v) is 16.8. The van der Waals surface area contributed by atoms with Gasteiger partial charge in [0.25, 0.3) is 0 Å². The summed E-state index contributed by atoms with van der Waals surface area (Å²) in [6.07, 6.45) is 2.11. The highest BCUT2D eigenvalue weighted by molar-refractivity contribution is 5.85. The Morgan fingerprint density at radius 3 is 1.62 bits per heavy atom. The number of benzene rings is 4. The highest BCUT2D eigenvalue weighted by Crippen LogP contribution is 2.47. The molecule has 0 saturated heterocycles. The second-order valence-corrected chi connectivity index (χ2v) is 16.0. The van der Waals surface area contributed by atoms with Crippen LogP contribution >= 0.6 is 0 Å². The summed E-state index contributed by atoms with van der Waals surface area (Å²) in [5, 5.41) is 25.3. The summed E-state index contributed by atoms with van der Waals surface area (Å²) in [7, 11) is 3.26. The van der Waals surface area contributed by atoms with E-state index in [0.717, 1.165) is 27.8 Å². The molecule has 0 aromatic heterocycles. The van der Waals surface area contributed by atoms with E-state index >= 15 is 0 Å². The zero-order valence-corrected chi connectivity index (χ0v) is 31.0. The molecule has 4 aromatic carbocycles. The SMILES string of the molecule is COc1ccc(C(C)(C)C)cc1C(O)(c1cc(C(C)(C)C)ccc1OC)C(Cc1ccccc1)N=Cc1ccc(C)c(C(C)(C)C)c1O. The molecular weight excluding hydrogens is 594 g/mol. The van der Waals surface area contributed by atoms with Crippen molar-refractivity contribution in [3.8, 4) is 17.2 Å². The molecule has 1 atom stereocenters. The largest absolute Gasteiger partial charge is 0.507 e. The van der Waals surface area contributed by atoms with E-state index in [1.807, 2.05) is 49.4 Å². The number of aromatic hydroxyl groups is 1. The maximum absolute atomic E-state index is 13.7. The van der Waals surface area contributed by atoms with E-state index in [2.05, 4.69) is 98.7 Å². The van der Waals surface area contributed by atoms with Crippen LogP contribution in [0.25, 0.3) is 0 Å². The monoisotopic (exact) mass is 649 g/mol. The topological polar surface area (TPSA) is 71.3 Å². The number of rotatable bonds is 9. The first kappa shape index (κ1) is 36.7. The van der Waals surface area contributed by atoms with Crippen LogP contribution in [0.4, 0.5) is 0 Å². The fourth-order valence-corrected chi connectivity index (χ4v) is 6.52. The molecule has 5 nitrogen and oxygen atoms in total. The lowest BCUT2D eigenvalue weighted by atomic mass is 9.73. The second kappa shape index (κ2) is 13.8. The van der Waals surface area contributed by atoms with Crippen molar-refractivity contribution >= 4 is 6.21 Å². The molecule has 0 heterocycles. The zero-order chi connectivity index (χ0) is 35.7. The fraction of sp³-hybridized carbons (Fsp3) is 0.419. The van der Waals surface area contributed by atoms with Gasteiger partial charge in [0.15, 0.2) is 0 Å². The Labute approximate surface area is 288 Å². The van der Waals surface area contributed by atoms with Gasteiger partial charge in [0.2, 0.25) is 0 Å². The van der Waals surface area contributed by atoms with Crippen molar-refractivity contribution in [1.29, 1.82) is 0 Å². The number of nitrogens with zero attached hydrogens (tertiary/aromatic N) is 1. The molecule has 0 amide bonds. The highest BCUT2D eigenvalue weighted by atomic mass is 16.5. The molecule has 0 aliphatic heterocycles. The van der Waals surface area contributed by atoms with Gasteiger partial charge in [-0.2, -0.15) is 0 Å². The Bertz CT molecular complexity index is 1690. The minimum absolute atomic E-state index is 0.200.